The van der Waals surface area contributed by atoms with Crippen LogP contribution < -0.4 is 24.3 Å². The molecule has 1 atom stereocenters. The summed E-state index contributed by atoms with van der Waals surface area (Å²) in [6, 6.07) is 10.9. The second-order valence-electron chi connectivity index (χ2n) is 6.48. The van der Waals surface area contributed by atoms with Gasteiger partial charge in [0.25, 0.3) is 0 Å². The molecule has 0 saturated heterocycles. The van der Waals surface area contributed by atoms with Gasteiger partial charge in [-0.25, -0.2) is 0 Å². The Balaban J connectivity index is 0.00000392. The van der Waals surface area contributed by atoms with E-state index in [1.54, 1.807) is 32.4 Å². The minimum absolute atomic E-state index is 0. The van der Waals surface area contributed by atoms with Crippen LogP contribution in [-0.4, -0.2) is 50.8 Å². The first-order valence-electron chi connectivity index (χ1n) is 8.85. The molecule has 0 N–H and O–H groups in total. The Bertz CT molecular complexity index is 770. The fourth-order valence-electron chi connectivity index (χ4n) is 2.56. The van der Waals surface area contributed by atoms with E-state index in [-0.39, 0.29) is 45.2 Å². The molecule has 0 aliphatic rings. The molecule has 0 spiro atoms. The van der Waals surface area contributed by atoms with Crippen LogP contribution in [0.15, 0.2) is 36.4 Å². The Morgan fingerprint density at radius 2 is 1.43 bits per heavy atom. The molecule has 0 saturated carbocycles. The molecule has 0 bridgehead atoms. The molecule has 147 valence electrons. The fourth-order valence-corrected chi connectivity index (χ4v) is 3.60. The Hall–Kier alpha value is -1.66. The summed E-state index contributed by atoms with van der Waals surface area (Å²) in [7, 11) is 2.95. The van der Waals surface area contributed by atoms with Crippen molar-refractivity contribution in [3.63, 3.8) is 0 Å². The molecular formula is C21H27LiO5P. The molecule has 2 rings (SSSR count). The predicted octanol–water partition coefficient (Wildman–Crippen LogP) is 4.04. The fraction of sp³-hybridized carbons (Fsp3) is 0.381. The molecule has 2 aromatic rings. The maximum absolute atomic E-state index is 13.0. The normalized spacial score (nSPS) is 10.9. The molecule has 1 radical (unpaired) electrons. The van der Waals surface area contributed by atoms with Crippen LogP contribution in [0.1, 0.15) is 38.1 Å². The zero-order valence-corrected chi connectivity index (χ0v) is 18.7. The molecule has 28 heavy (non-hydrogen) atoms. The predicted molar refractivity (Wildman–Crippen MR) is 116 cm³/mol. The van der Waals surface area contributed by atoms with E-state index >= 15 is 0 Å². The summed E-state index contributed by atoms with van der Waals surface area (Å²) in [5.74, 6) is 2.37. The van der Waals surface area contributed by atoms with Crippen molar-refractivity contribution in [1.82, 2.24) is 0 Å². The maximum atomic E-state index is 13.0. The summed E-state index contributed by atoms with van der Waals surface area (Å²) in [4.78, 5) is 13.0. The number of ether oxygens (including phenoxy) is 4. The van der Waals surface area contributed by atoms with E-state index in [1.165, 1.54) is 0 Å². The average Bonchev–Trinajstić information content (AvgIpc) is 2.62. The van der Waals surface area contributed by atoms with Gasteiger partial charge >= 0.3 is 0 Å². The van der Waals surface area contributed by atoms with Gasteiger partial charge in [-0.1, -0.05) is 6.07 Å². The molecule has 0 heterocycles. The van der Waals surface area contributed by atoms with Crippen LogP contribution in [-0.2, 0) is 0 Å². The zero-order valence-electron chi connectivity index (χ0n) is 17.7. The molecule has 0 aromatic heterocycles. The summed E-state index contributed by atoms with van der Waals surface area (Å²) in [5.41, 5.74) is 0.370. The number of rotatable bonds is 9. The van der Waals surface area contributed by atoms with Gasteiger partial charge in [-0.2, -0.15) is 0 Å². The van der Waals surface area contributed by atoms with Gasteiger partial charge in [0.1, 0.15) is 28.6 Å². The van der Waals surface area contributed by atoms with E-state index in [2.05, 4.69) is 0 Å². The first-order chi connectivity index (χ1) is 12.8. The number of methoxy groups -OCH3 is 2. The maximum Gasteiger partial charge on any atom is 0.193 e. The quantitative estimate of drug-likeness (QED) is 0.472. The van der Waals surface area contributed by atoms with Crippen molar-refractivity contribution in [1.29, 1.82) is 0 Å². The second kappa shape index (κ2) is 11.4. The van der Waals surface area contributed by atoms with Crippen LogP contribution in [0.2, 0.25) is 0 Å². The average molecular weight is 397 g/mol. The van der Waals surface area contributed by atoms with Crippen LogP contribution in [0.3, 0.4) is 0 Å². The third-order valence-electron chi connectivity index (χ3n) is 3.59. The number of hydrogen-bond donors (Lipinski definition) is 0. The minimum atomic E-state index is -0.134. The topological polar surface area (TPSA) is 54.0 Å². The Labute approximate surface area is 181 Å². The van der Waals surface area contributed by atoms with Crippen molar-refractivity contribution in [2.45, 2.75) is 39.9 Å². The van der Waals surface area contributed by atoms with Gasteiger partial charge in [-0.15, -0.1) is 0 Å². The van der Waals surface area contributed by atoms with Gasteiger partial charge in [0.15, 0.2) is 5.52 Å². The van der Waals surface area contributed by atoms with Crippen LogP contribution >= 0.6 is 8.58 Å². The van der Waals surface area contributed by atoms with Crippen molar-refractivity contribution in [2.75, 3.05) is 14.2 Å². The molecule has 0 aliphatic carbocycles. The first kappa shape index (κ1) is 24.4. The molecule has 0 amide bonds. The van der Waals surface area contributed by atoms with Crippen LogP contribution in [0.4, 0.5) is 0 Å². The van der Waals surface area contributed by atoms with Crippen LogP contribution in [0.5, 0.6) is 23.0 Å². The standard InChI is InChI=1S/C21H27O5P.Li/c1-13(2)25-15-10-11-19(18(12-15)26-14(3)4)27-21(22)20-16(23-5)8-7-9-17(20)24-6;/h7-14,27H,1-6H3;. The molecule has 0 fully saturated rings. The minimum Gasteiger partial charge on any atom is -0.496 e. The largest absolute Gasteiger partial charge is 0.496 e. The summed E-state index contributed by atoms with van der Waals surface area (Å²) in [5, 5.41) is 0.817. The number of carbonyl (C=O) groups excluding carboxylic acids is 1. The third-order valence-corrected chi connectivity index (χ3v) is 4.75. The first-order valence-corrected chi connectivity index (χ1v) is 9.85. The molecular weight excluding hydrogens is 370 g/mol. The molecule has 7 heteroatoms. The monoisotopic (exact) mass is 397 g/mol. The molecule has 0 aliphatic heterocycles. The third kappa shape index (κ3) is 6.45. The van der Waals surface area contributed by atoms with E-state index in [9.17, 15) is 4.79 Å². The van der Waals surface area contributed by atoms with Crippen LogP contribution in [0, 0.1) is 0 Å². The second-order valence-corrected chi connectivity index (χ2v) is 7.73. The van der Waals surface area contributed by atoms with Gasteiger partial charge < -0.3 is 18.9 Å². The van der Waals surface area contributed by atoms with Crippen molar-refractivity contribution in [3.8, 4) is 23.0 Å². The molecule has 1 unspecified atom stereocenters. The summed E-state index contributed by atoms with van der Waals surface area (Å²) >= 11 is 0. The zero-order chi connectivity index (χ0) is 20.0. The summed E-state index contributed by atoms with van der Waals surface area (Å²) in [6.45, 7) is 7.84. The Morgan fingerprint density at radius 3 is 1.93 bits per heavy atom. The van der Waals surface area contributed by atoms with E-state index in [0.717, 1.165) is 11.1 Å². The van der Waals surface area contributed by atoms with Crippen molar-refractivity contribution >= 4 is 38.3 Å². The van der Waals surface area contributed by atoms with Gasteiger partial charge in [0, 0.05) is 30.2 Å². The van der Waals surface area contributed by atoms with Crippen molar-refractivity contribution in [3.05, 3.63) is 42.0 Å². The smallest absolute Gasteiger partial charge is 0.193 e. The summed E-state index contributed by atoms with van der Waals surface area (Å²) in [6.07, 6.45) is 0.0448. The van der Waals surface area contributed by atoms with E-state index in [0.29, 0.717) is 22.8 Å². The molecule has 2 aromatic carbocycles. The van der Waals surface area contributed by atoms with Gasteiger partial charge in [0.2, 0.25) is 0 Å². The van der Waals surface area contributed by atoms with E-state index < -0.39 is 0 Å². The van der Waals surface area contributed by atoms with Crippen molar-refractivity contribution in [2.24, 2.45) is 0 Å². The number of carbonyl (C=O) groups is 1. The van der Waals surface area contributed by atoms with E-state index in [1.807, 2.05) is 45.9 Å². The molecule has 5 nitrogen and oxygen atoms in total. The van der Waals surface area contributed by atoms with E-state index in [4.69, 9.17) is 18.9 Å². The van der Waals surface area contributed by atoms with Crippen molar-refractivity contribution < 1.29 is 23.7 Å². The number of benzene rings is 2. The number of hydrogen-bond acceptors (Lipinski definition) is 5. The van der Waals surface area contributed by atoms with Gasteiger partial charge in [0.05, 0.1) is 26.4 Å². The Kier molecular flexibility index (Phi) is 9.89. The SMILES string of the molecule is COc1cccc(OC)c1C(=O)Pc1ccc(OC(C)C)cc1OC(C)C.[Li]. The van der Waals surface area contributed by atoms with Gasteiger partial charge in [-0.3, -0.25) is 4.79 Å². The Morgan fingerprint density at radius 1 is 0.857 bits per heavy atom. The van der Waals surface area contributed by atoms with Gasteiger partial charge in [-0.05, 0) is 60.5 Å². The van der Waals surface area contributed by atoms with Crippen LogP contribution in [0.25, 0.3) is 0 Å². The summed E-state index contributed by atoms with van der Waals surface area (Å²) < 4.78 is 22.4.